The summed E-state index contributed by atoms with van der Waals surface area (Å²) in [6.07, 6.45) is 0. The number of halogens is 1. The zero-order valence-electron chi connectivity index (χ0n) is 19.2. The predicted molar refractivity (Wildman–Crippen MR) is 136 cm³/mol. The van der Waals surface area contributed by atoms with Crippen molar-refractivity contribution in [1.29, 1.82) is 0 Å². The van der Waals surface area contributed by atoms with Crippen LogP contribution >= 0.6 is 27.7 Å². The van der Waals surface area contributed by atoms with Gasteiger partial charge in [-0.3, -0.25) is 4.90 Å². The topological polar surface area (TPSA) is 54.7 Å². The van der Waals surface area contributed by atoms with E-state index in [0.717, 1.165) is 41.0 Å². The van der Waals surface area contributed by atoms with Gasteiger partial charge in [0.05, 0.1) is 22.2 Å². The van der Waals surface area contributed by atoms with Gasteiger partial charge in [-0.1, -0.05) is 44.2 Å². The van der Waals surface area contributed by atoms with Crippen molar-refractivity contribution in [1.82, 2.24) is 9.47 Å². The van der Waals surface area contributed by atoms with Crippen molar-refractivity contribution in [2.75, 3.05) is 19.7 Å². The maximum atomic E-state index is 13.1. The molecule has 0 aliphatic heterocycles. The first-order valence-corrected chi connectivity index (χ1v) is 12.9. The lowest BCUT2D eigenvalue weighted by atomic mass is 10.0. The molecule has 0 unspecified atom stereocenters. The Kier molecular flexibility index (Phi) is 8.68. The third-order valence-corrected chi connectivity index (χ3v) is 7.36. The van der Waals surface area contributed by atoms with E-state index in [1.54, 1.807) is 11.8 Å². The van der Waals surface area contributed by atoms with E-state index in [2.05, 4.69) is 51.4 Å². The summed E-state index contributed by atoms with van der Waals surface area (Å²) in [5.41, 5.74) is 4.40. The molecule has 0 fully saturated rings. The summed E-state index contributed by atoms with van der Waals surface area (Å²) in [6.45, 7) is 8.58. The second kappa shape index (κ2) is 11.3. The number of benzene rings is 2. The first kappa shape index (κ1) is 24.7. The Labute approximate surface area is 202 Å². The van der Waals surface area contributed by atoms with Crippen molar-refractivity contribution in [3.05, 3.63) is 63.3 Å². The van der Waals surface area contributed by atoms with Gasteiger partial charge < -0.3 is 14.4 Å². The molecule has 0 saturated heterocycles. The minimum atomic E-state index is -0.337. The Morgan fingerprint density at radius 2 is 1.84 bits per heavy atom. The number of carbonyl (C=O) groups excluding carboxylic acids is 1. The Balaban J connectivity index is 2.12. The van der Waals surface area contributed by atoms with Gasteiger partial charge in [-0.05, 0) is 47.6 Å². The van der Waals surface area contributed by atoms with Crippen LogP contribution in [-0.2, 0) is 29.8 Å². The number of thioether (sulfide) groups is 1. The molecule has 1 N–H and O–H groups in total. The van der Waals surface area contributed by atoms with Crippen molar-refractivity contribution < 1.29 is 14.6 Å². The number of hydrogen-bond acceptors (Lipinski definition) is 5. The van der Waals surface area contributed by atoms with Gasteiger partial charge in [0.2, 0.25) is 0 Å². The molecule has 0 spiro atoms. The summed E-state index contributed by atoms with van der Waals surface area (Å²) in [7, 11) is 1.98. The van der Waals surface area contributed by atoms with Crippen molar-refractivity contribution in [3.63, 3.8) is 0 Å². The van der Waals surface area contributed by atoms with Crippen LogP contribution < -0.4 is 0 Å². The predicted octanol–water partition coefficient (Wildman–Crippen LogP) is 6.10. The highest BCUT2D eigenvalue weighted by Gasteiger charge is 2.27. The van der Waals surface area contributed by atoms with Gasteiger partial charge in [0.15, 0.2) is 0 Å². The minimum absolute atomic E-state index is 0.184. The maximum Gasteiger partial charge on any atom is 0.340 e. The number of aromatic nitrogens is 1. The number of aromatic hydroxyl groups is 1. The van der Waals surface area contributed by atoms with E-state index in [4.69, 9.17) is 4.74 Å². The summed E-state index contributed by atoms with van der Waals surface area (Å²) in [5.74, 6) is 1.36. The molecular formula is C25H31BrN2O3S. The number of nitrogens with zero attached hydrogens (tertiary/aromatic N) is 2. The summed E-state index contributed by atoms with van der Waals surface area (Å²) >= 11 is 5.28. The van der Waals surface area contributed by atoms with Crippen molar-refractivity contribution in [3.8, 4) is 5.75 Å². The fourth-order valence-corrected chi connectivity index (χ4v) is 5.45. The molecule has 0 aliphatic rings. The van der Waals surface area contributed by atoms with Crippen LogP contribution in [0.1, 0.15) is 48.0 Å². The summed E-state index contributed by atoms with van der Waals surface area (Å²) in [6, 6.07) is 12.2. The van der Waals surface area contributed by atoms with E-state index >= 15 is 0 Å². The van der Waals surface area contributed by atoms with Gasteiger partial charge in [0.25, 0.3) is 0 Å². The lowest BCUT2D eigenvalue weighted by Crippen LogP contribution is -2.22. The van der Waals surface area contributed by atoms with Gasteiger partial charge >= 0.3 is 5.97 Å². The highest BCUT2D eigenvalue weighted by molar-refractivity contribution is 9.10. The number of phenols is 1. The standard InChI is InChI=1S/C25H31BrN2O3S/c1-5-28(6-2)14-18-22-20(13-19(26)24(18)29)27(4)21(23(22)25(30)31-7-3)16-32-15-17-11-9-8-10-12-17/h8-13,29H,5-7,14-16H2,1-4H3. The van der Waals surface area contributed by atoms with Crippen molar-refractivity contribution in [2.45, 2.75) is 38.8 Å². The molecule has 0 bridgehead atoms. The number of phenolic OH excluding ortho intramolecular Hbond substituents is 1. The van der Waals surface area contributed by atoms with Crippen LogP contribution in [0.25, 0.3) is 10.9 Å². The Hall–Kier alpha value is -1.96. The van der Waals surface area contributed by atoms with E-state index in [0.29, 0.717) is 28.9 Å². The molecule has 1 aromatic heterocycles. The normalized spacial score (nSPS) is 11.4. The SMILES string of the molecule is CCOC(=O)c1c(CSCc2ccccc2)n(C)c2cc(Br)c(O)c(CN(CC)CC)c12. The Morgan fingerprint density at radius 1 is 1.16 bits per heavy atom. The molecule has 2 aromatic carbocycles. The number of carbonyl (C=O) groups is 1. The first-order chi connectivity index (χ1) is 15.4. The van der Waals surface area contributed by atoms with Gasteiger partial charge in [0, 0.05) is 41.7 Å². The molecule has 5 nitrogen and oxygen atoms in total. The molecule has 1 heterocycles. The molecule has 3 aromatic rings. The first-order valence-electron chi connectivity index (χ1n) is 10.9. The van der Waals surface area contributed by atoms with Crippen LogP contribution in [0, 0.1) is 0 Å². The van der Waals surface area contributed by atoms with Crippen LogP contribution in [0.4, 0.5) is 0 Å². The van der Waals surface area contributed by atoms with Gasteiger partial charge in [-0.2, -0.15) is 11.8 Å². The van der Waals surface area contributed by atoms with Gasteiger partial charge in [0.1, 0.15) is 5.75 Å². The fraction of sp³-hybridized carbons (Fsp3) is 0.400. The number of fused-ring (bicyclic) bond motifs is 1. The van der Waals surface area contributed by atoms with Crippen LogP contribution in [0.2, 0.25) is 0 Å². The summed E-state index contributed by atoms with van der Waals surface area (Å²) in [4.78, 5) is 15.4. The van der Waals surface area contributed by atoms with Crippen LogP contribution in [0.3, 0.4) is 0 Å². The number of rotatable bonds is 10. The van der Waals surface area contributed by atoms with Crippen molar-refractivity contribution >= 4 is 44.6 Å². The Bertz CT molecular complexity index is 1080. The largest absolute Gasteiger partial charge is 0.506 e. The smallest absolute Gasteiger partial charge is 0.340 e. The molecule has 172 valence electrons. The summed E-state index contributed by atoms with van der Waals surface area (Å²) in [5, 5.41) is 11.7. The van der Waals surface area contributed by atoms with Crippen LogP contribution in [0.5, 0.6) is 5.75 Å². The number of aryl methyl sites for hydroxylation is 1. The number of hydrogen-bond donors (Lipinski definition) is 1. The molecule has 0 atom stereocenters. The van der Waals surface area contributed by atoms with E-state index in [9.17, 15) is 9.90 Å². The van der Waals surface area contributed by atoms with E-state index in [1.165, 1.54) is 5.56 Å². The lowest BCUT2D eigenvalue weighted by molar-refractivity contribution is 0.0527. The molecule has 3 rings (SSSR count). The van der Waals surface area contributed by atoms with Gasteiger partial charge in [-0.25, -0.2) is 4.79 Å². The quantitative estimate of drug-likeness (QED) is 0.328. The maximum absolute atomic E-state index is 13.1. The second-order valence-corrected chi connectivity index (χ2v) is 9.46. The van der Waals surface area contributed by atoms with Crippen molar-refractivity contribution in [2.24, 2.45) is 7.05 Å². The highest BCUT2D eigenvalue weighted by atomic mass is 79.9. The third-order valence-electron chi connectivity index (χ3n) is 5.74. The lowest BCUT2D eigenvalue weighted by Gasteiger charge is -2.20. The molecular weight excluding hydrogens is 488 g/mol. The van der Waals surface area contributed by atoms with E-state index in [1.807, 2.05) is 38.2 Å². The molecule has 7 heteroatoms. The molecule has 32 heavy (non-hydrogen) atoms. The average Bonchev–Trinajstić information content (AvgIpc) is 3.07. The van der Waals surface area contributed by atoms with E-state index in [-0.39, 0.29) is 11.7 Å². The zero-order valence-corrected chi connectivity index (χ0v) is 21.6. The highest BCUT2D eigenvalue weighted by Crippen LogP contribution is 2.40. The fourth-order valence-electron chi connectivity index (χ4n) is 3.94. The third kappa shape index (κ3) is 5.16. The average molecular weight is 520 g/mol. The van der Waals surface area contributed by atoms with Crippen LogP contribution in [-0.4, -0.2) is 40.2 Å². The van der Waals surface area contributed by atoms with Gasteiger partial charge in [-0.15, -0.1) is 0 Å². The number of ether oxygens (including phenoxy) is 1. The molecule has 0 aliphatic carbocycles. The zero-order chi connectivity index (χ0) is 23.3. The molecule has 0 saturated carbocycles. The Morgan fingerprint density at radius 3 is 2.47 bits per heavy atom. The molecule has 0 amide bonds. The minimum Gasteiger partial charge on any atom is -0.506 e. The van der Waals surface area contributed by atoms with Crippen LogP contribution in [0.15, 0.2) is 40.9 Å². The second-order valence-electron chi connectivity index (χ2n) is 7.62. The van der Waals surface area contributed by atoms with E-state index < -0.39 is 0 Å². The molecule has 0 radical (unpaired) electrons. The monoisotopic (exact) mass is 518 g/mol. The number of esters is 1. The summed E-state index contributed by atoms with van der Waals surface area (Å²) < 4.78 is 8.17.